The highest BCUT2D eigenvalue weighted by molar-refractivity contribution is 5.85. The topological polar surface area (TPSA) is 64.7 Å². The zero-order valence-electron chi connectivity index (χ0n) is 12.8. The molecule has 0 spiro atoms. The summed E-state index contributed by atoms with van der Waals surface area (Å²) in [6.45, 7) is 6.19. The molecule has 3 N–H and O–H groups in total. The first kappa shape index (κ1) is 19.0. The molecule has 4 nitrogen and oxygen atoms in total. The Bertz CT molecular complexity index is 418. The SMILES string of the molecule is COc1cccc([C@@H](O)C[C@@H](N)C(C)(C)C)c1OC.Cl. The molecule has 0 aliphatic rings. The van der Waals surface area contributed by atoms with Crippen LogP contribution in [0.2, 0.25) is 0 Å². The first-order valence-corrected chi connectivity index (χ1v) is 6.45. The van der Waals surface area contributed by atoms with Gasteiger partial charge in [0.1, 0.15) is 0 Å². The third-order valence-electron chi connectivity index (χ3n) is 3.38. The van der Waals surface area contributed by atoms with Crippen LogP contribution in [-0.4, -0.2) is 25.4 Å². The van der Waals surface area contributed by atoms with Crippen molar-refractivity contribution in [1.82, 2.24) is 0 Å². The van der Waals surface area contributed by atoms with Crippen LogP contribution in [0.3, 0.4) is 0 Å². The molecule has 0 amide bonds. The highest BCUT2D eigenvalue weighted by atomic mass is 35.5. The zero-order valence-corrected chi connectivity index (χ0v) is 13.7. The van der Waals surface area contributed by atoms with E-state index in [-0.39, 0.29) is 23.9 Å². The van der Waals surface area contributed by atoms with Gasteiger partial charge in [-0.05, 0) is 17.9 Å². The largest absolute Gasteiger partial charge is 0.493 e. The van der Waals surface area contributed by atoms with Crippen molar-refractivity contribution >= 4 is 12.4 Å². The average molecular weight is 304 g/mol. The summed E-state index contributed by atoms with van der Waals surface area (Å²) in [7, 11) is 3.15. The van der Waals surface area contributed by atoms with Crippen LogP contribution in [0.4, 0.5) is 0 Å². The lowest BCUT2D eigenvalue weighted by Gasteiger charge is -2.29. The van der Waals surface area contributed by atoms with E-state index in [1.54, 1.807) is 20.3 Å². The number of nitrogens with two attached hydrogens (primary N) is 1. The van der Waals surface area contributed by atoms with Gasteiger partial charge < -0.3 is 20.3 Å². The van der Waals surface area contributed by atoms with Gasteiger partial charge in [-0.15, -0.1) is 12.4 Å². The van der Waals surface area contributed by atoms with Crippen LogP contribution >= 0.6 is 12.4 Å². The van der Waals surface area contributed by atoms with Crippen LogP contribution in [0.15, 0.2) is 18.2 Å². The highest BCUT2D eigenvalue weighted by Crippen LogP contribution is 2.37. The predicted octanol–water partition coefficient (Wildman–Crippen LogP) is 2.92. The second kappa shape index (κ2) is 7.72. The number of benzene rings is 1. The molecule has 0 aromatic heterocycles. The first-order chi connectivity index (χ1) is 8.81. The molecule has 0 fully saturated rings. The van der Waals surface area contributed by atoms with E-state index < -0.39 is 6.10 Å². The number of ether oxygens (including phenoxy) is 2. The van der Waals surface area contributed by atoms with E-state index >= 15 is 0 Å². The number of rotatable bonds is 5. The van der Waals surface area contributed by atoms with Crippen LogP contribution in [0.5, 0.6) is 11.5 Å². The molecule has 0 unspecified atom stereocenters. The third kappa shape index (κ3) is 4.54. The van der Waals surface area contributed by atoms with Gasteiger partial charge in [-0.25, -0.2) is 0 Å². The maximum absolute atomic E-state index is 10.4. The third-order valence-corrected chi connectivity index (χ3v) is 3.38. The lowest BCUT2D eigenvalue weighted by atomic mass is 9.83. The van der Waals surface area contributed by atoms with Gasteiger partial charge >= 0.3 is 0 Å². The van der Waals surface area contributed by atoms with E-state index in [9.17, 15) is 5.11 Å². The Morgan fingerprint density at radius 1 is 1.20 bits per heavy atom. The number of methoxy groups -OCH3 is 2. The summed E-state index contributed by atoms with van der Waals surface area (Å²) >= 11 is 0. The van der Waals surface area contributed by atoms with Crippen molar-refractivity contribution in [3.8, 4) is 11.5 Å². The molecular weight excluding hydrogens is 278 g/mol. The molecular formula is C15H26ClNO3. The van der Waals surface area contributed by atoms with Crippen molar-refractivity contribution in [3.63, 3.8) is 0 Å². The van der Waals surface area contributed by atoms with E-state index in [0.717, 1.165) is 0 Å². The Labute approximate surface area is 127 Å². The Kier molecular flexibility index (Phi) is 7.34. The van der Waals surface area contributed by atoms with Crippen molar-refractivity contribution in [2.24, 2.45) is 11.1 Å². The van der Waals surface area contributed by atoms with Crippen LogP contribution < -0.4 is 15.2 Å². The Hall–Kier alpha value is -0.970. The Morgan fingerprint density at radius 3 is 2.25 bits per heavy atom. The molecule has 1 rings (SSSR count). The minimum absolute atomic E-state index is 0. The van der Waals surface area contributed by atoms with Gasteiger partial charge in [0.15, 0.2) is 11.5 Å². The molecule has 0 heterocycles. The molecule has 0 aliphatic carbocycles. The van der Waals surface area contributed by atoms with Crippen molar-refractivity contribution in [1.29, 1.82) is 0 Å². The summed E-state index contributed by atoms with van der Waals surface area (Å²) in [5, 5.41) is 10.4. The molecule has 20 heavy (non-hydrogen) atoms. The smallest absolute Gasteiger partial charge is 0.166 e. The summed E-state index contributed by atoms with van der Waals surface area (Å²) in [4.78, 5) is 0. The number of halogens is 1. The van der Waals surface area contributed by atoms with Gasteiger partial charge in [0.2, 0.25) is 0 Å². The summed E-state index contributed by atoms with van der Waals surface area (Å²) in [5.41, 5.74) is 6.78. The molecule has 1 aromatic rings. The summed E-state index contributed by atoms with van der Waals surface area (Å²) in [5.74, 6) is 1.18. The van der Waals surface area contributed by atoms with Gasteiger partial charge in [-0.2, -0.15) is 0 Å². The number of aliphatic hydroxyl groups excluding tert-OH is 1. The number of aliphatic hydroxyl groups is 1. The molecule has 5 heteroatoms. The molecule has 0 aliphatic heterocycles. The monoisotopic (exact) mass is 303 g/mol. The van der Waals surface area contributed by atoms with Crippen LogP contribution in [0, 0.1) is 5.41 Å². The minimum atomic E-state index is -0.667. The maximum atomic E-state index is 10.4. The predicted molar refractivity (Wildman–Crippen MR) is 83.8 cm³/mol. The molecule has 0 saturated heterocycles. The molecule has 0 bridgehead atoms. The lowest BCUT2D eigenvalue weighted by molar-refractivity contribution is 0.130. The van der Waals surface area contributed by atoms with E-state index in [1.807, 2.05) is 12.1 Å². The van der Waals surface area contributed by atoms with Crippen LogP contribution in [0.1, 0.15) is 38.9 Å². The van der Waals surface area contributed by atoms with Gasteiger partial charge in [0.25, 0.3) is 0 Å². The van der Waals surface area contributed by atoms with E-state index in [2.05, 4.69) is 20.8 Å². The van der Waals surface area contributed by atoms with Crippen LogP contribution in [-0.2, 0) is 0 Å². The highest BCUT2D eigenvalue weighted by Gasteiger charge is 2.26. The average Bonchev–Trinajstić information content (AvgIpc) is 2.36. The van der Waals surface area contributed by atoms with Crippen LogP contribution in [0.25, 0.3) is 0 Å². The fourth-order valence-electron chi connectivity index (χ4n) is 1.90. The molecule has 2 atom stereocenters. The van der Waals surface area contributed by atoms with Gasteiger partial charge in [0.05, 0.1) is 20.3 Å². The van der Waals surface area contributed by atoms with Crippen molar-refractivity contribution in [3.05, 3.63) is 23.8 Å². The molecule has 1 aromatic carbocycles. The molecule has 0 saturated carbocycles. The van der Waals surface area contributed by atoms with E-state index in [0.29, 0.717) is 23.5 Å². The first-order valence-electron chi connectivity index (χ1n) is 6.45. The summed E-state index contributed by atoms with van der Waals surface area (Å²) in [6.07, 6.45) is -0.188. The van der Waals surface area contributed by atoms with Gasteiger partial charge in [-0.3, -0.25) is 0 Å². The van der Waals surface area contributed by atoms with E-state index in [4.69, 9.17) is 15.2 Å². The lowest BCUT2D eigenvalue weighted by Crippen LogP contribution is -2.36. The van der Waals surface area contributed by atoms with E-state index in [1.165, 1.54) is 0 Å². The number of hydrogen-bond acceptors (Lipinski definition) is 4. The van der Waals surface area contributed by atoms with Gasteiger partial charge in [-0.1, -0.05) is 32.9 Å². The van der Waals surface area contributed by atoms with Crippen molar-refractivity contribution in [2.45, 2.75) is 39.3 Å². The maximum Gasteiger partial charge on any atom is 0.166 e. The summed E-state index contributed by atoms with van der Waals surface area (Å²) in [6, 6.07) is 5.38. The second-order valence-electron chi connectivity index (χ2n) is 5.81. The Morgan fingerprint density at radius 2 is 1.80 bits per heavy atom. The number of para-hydroxylation sites is 1. The standard InChI is InChI=1S/C15H25NO3.ClH/c1-15(2,3)13(16)9-11(17)10-7-6-8-12(18-4)14(10)19-5;/h6-8,11,13,17H,9,16H2,1-5H3;1H/t11-,13+;/m0./s1. The zero-order chi connectivity index (χ0) is 14.6. The van der Waals surface area contributed by atoms with Crippen molar-refractivity contribution < 1.29 is 14.6 Å². The fraction of sp³-hybridized carbons (Fsp3) is 0.600. The minimum Gasteiger partial charge on any atom is -0.493 e. The van der Waals surface area contributed by atoms with Crippen molar-refractivity contribution in [2.75, 3.05) is 14.2 Å². The molecule has 0 radical (unpaired) electrons. The quantitative estimate of drug-likeness (QED) is 0.878. The normalized spacial score (nSPS) is 14.2. The summed E-state index contributed by atoms with van der Waals surface area (Å²) < 4.78 is 10.6. The molecule has 116 valence electrons. The Balaban J connectivity index is 0.00000361. The van der Waals surface area contributed by atoms with Gasteiger partial charge in [0, 0.05) is 11.6 Å². The fourth-order valence-corrected chi connectivity index (χ4v) is 1.90. The second-order valence-corrected chi connectivity index (χ2v) is 5.81. The number of hydrogen-bond donors (Lipinski definition) is 2.